The lowest BCUT2D eigenvalue weighted by atomic mass is 10.1. The average Bonchev–Trinajstić information content (AvgIpc) is 2.61. The van der Waals surface area contributed by atoms with Crippen LogP contribution in [0, 0.1) is 0 Å². The molecule has 1 aliphatic rings. The van der Waals surface area contributed by atoms with E-state index in [0.29, 0.717) is 6.61 Å². The van der Waals surface area contributed by atoms with Crippen LogP contribution in [0.2, 0.25) is 0 Å². The first-order valence-electron chi connectivity index (χ1n) is 4.80. The maximum absolute atomic E-state index is 11.5. The molecule has 1 aromatic heterocycles. The van der Waals surface area contributed by atoms with Crippen LogP contribution in [0.1, 0.15) is 27.7 Å². The Kier molecular flexibility index (Phi) is 2.84. The fraction of sp³-hybridized carbons (Fsp3) is 0.500. The van der Waals surface area contributed by atoms with Gasteiger partial charge in [0.05, 0.1) is 12.2 Å². The number of carbonyl (C=O) groups excluding carboxylic acids is 1. The topological polar surface area (TPSA) is 38.3 Å². The van der Waals surface area contributed by atoms with Crippen LogP contribution in [-0.2, 0) is 17.7 Å². The molecule has 0 aliphatic carbocycles. The van der Waals surface area contributed by atoms with Crippen LogP contribution in [0.15, 0.2) is 5.38 Å². The van der Waals surface area contributed by atoms with Gasteiger partial charge in [0.2, 0.25) is 0 Å². The van der Waals surface area contributed by atoms with Crippen LogP contribution >= 0.6 is 11.3 Å². The van der Waals surface area contributed by atoms with Crippen molar-refractivity contribution in [1.82, 2.24) is 5.32 Å². The largest absolute Gasteiger partial charge is 0.462 e. The van der Waals surface area contributed by atoms with E-state index in [9.17, 15) is 4.79 Å². The zero-order valence-electron chi connectivity index (χ0n) is 8.13. The second kappa shape index (κ2) is 4.11. The summed E-state index contributed by atoms with van der Waals surface area (Å²) in [6.45, 7) is 4.12. The van der Waals surface area contributed by atoms with Gasteiger partial charge in [0.15, 0.2) is 0 Å². The normalized spacial score (nSPS) is 14.9. The monoisotopic (exact) mass is 211 g/mol. The van der Waals surface area contributed by atoms with E-state index in [1.165, 1.54) is 10.4 Å². The second-order valence-electron chi connectivity index (χ2n) is 3.20. The lowest BCUT2D eigenvalue weighted by Crippen LogP contribution is -2.23. The number of hydrogen-bond donors (Lipinski definition) is 1. The summed E-state index contributed by atoms with van der Waals surface area (Å²) in [5.74, 6) is -0.174. The van der Waals surface area contributed by atoms with Crippen molar-refractivity contribution in [2.24, 2.45) is 0 Å². The van der Waals surface area contributed by atoms with Gasteiger partial charge in [-0.3, -0.25) is 0 Å². The van der Waals surface area contributed by atoms with Crippen LogP contribution in [0.3, 0.4) is 0 Å². The predicted octanol–water partition coefficient (Wildman–Crippen LogP) is 1.57. The van der Waals surface area contributed by atoms with E-state index in [-0.39, 0.29) is 5.97 Å². The predicted molar refractivity (Wildman–Crippen MR) is 55.7 cm³/mol. The average molecular weight is 211 g/mol. The quantitative estimate of drug-likeness (QED) is 0.755. The molecule has 1 aliphatic heterocycles. The van der Waals surface area contributed by atoms with Gasteiger partial charge in [-0.25, -0.2) is 4.79 Å². The molecule has 4 heteroatoms. The molecule has 0 radical (unpaired) electrons. The molecule has 1 aromatic rings. The fourth-order valence-corrected chi connectivity index (χ4v) is 2.68. The third kappa shape index (κ3) is 1.67. The molecule has 0 bridgehead atoms. The molecule has 14 heavy (non-hydrogen) atoms. The van der Waals surface area contributed by atoms with E-state index < -0.39 is 0 Å². The number of esters is 1. The number of ether oxygens (including phenoxy) is 1. The number of hydrogen-bond acceptors (Lipinski definition) is 4. The fourth-order valence-electron chi connectivity index (χ4n) is 1.64. The molecule has 0 spiro atoms. The van der Waals surface area contributed by atoms with Gasteiger partial charge >= 0.3 is 5.97 Å². The zero-order valence-corrected chi connectivity index (χ0v) is 8.95. The lowest BCUT2D eigenvalue weighted by Gasteiger charge is -2.13. The Hall–Kier alpha value is -0.870. The van der Waals surface area contributed by atoms with Gasteiger partial charge < -0.3 is 10.1 Å². The standard InChI is InChI=1S/C10H13NO2S/c1-2-13-10(12)8-6-14-9-5-11-4-3-7(8)9/h6,11H,2-5H2,1H3. The third-order valence-corrected chi connectivity index (χ3v) is 3.34. The highest BCUT2D eigenvalue weighted by atomic mass is 32.1. The highest BCUT2D eigenvalue weighted by molar-refractivity contribution is 7.10. The van der Waals surface area contributed by atoms with E-state index in [2.05, 4.69) is 5.32 Å². The van der Waals surface area contributed by atoms with Gasteiger partial charge in [0.1, 0.15) is 0 Å². The number of nitrogens with one attached hydrogen (secondary N) is 1. The zero-order chi connectivity index (χ0) is 9.97. The minimum atomic E-state index is -0.174. The SMILES string of the molecule is CCOC(=O)c1csc2c1CCNC2. The van der Waals surface area contributed by atoms with Crippen LogP contribution in [-0.4, -0.2) is 19.1 Å². The van der Waals surface area contributed by atoms with Gasteiger partial charge in [-0.15, -0.1) is 11.3 Å². The molecule has 0 fully saturated rings. The summed E-state index contributed by atoms with van der Waals surface area (Å²) in [5, 5.41) is 5.20. The lowest BCUT2D eigenvalue weighted by molar-refractivity contribution is 0.0525. The van der Waals surface area contributed by atoms with E-state index in [4.69, 9.17) is 4.74 Å². The first kappa shape index (κ1) is 9.68. The molecule has 0 atom stereocenters. The minimum absolute atomic E-state index is 0.174. The van der Waals surface area contributed by atoms with Crippen molar-refractivity contribution >= 4 is 17.3 Å². The van der Waals surface area contributed by atoms with Crippen LogP contribution in [0.25, 0.3) is 0 Å². The van der Waals surface area contributed by atoms with Crippen LogP contribution < -0.4 is 5.32 Å². The van der Waals surface area contributed by atoms with Gasteiger partial charge in [-0.1, -0.05) is 0 Å². The molecule has 76 valence electrons. The maximum Gasteiger partial charge on any atom is 0.339 e. The highest BCUT2D eigenvalue weighted by Gasteiger charge is 2.20. The van der Waals surface area contributed by atoms with Gasteiger partial charge in [0.25, 0.3) is 0 Å². The molecule has 3 nitrogen and oxygen atoms in total. The number of rotatable bonds is 2. The van der Waals surface area contributed by atoms with Gasteiger partial charge in [-0.2, -0.15) is 0 Å². The number of fused-ring (bicyclic) bond motifs is 1. The molecule has 2 rings (SSSR count). The Morgan fingerprint density at radius 3 is 3.36 bits per heavy atom. The first-order valence-corrected chi connectivity index (χ1v) is 5.68. The molecule has 1 N–H and O–H groups in total. The molecular formula is C10H13NO2S. The van der Waals surface area contributed by atoms with Crippen LogP contribution in [0.5, 0.6) is 0 Å². The number of thiophene rings is 1. The van der Waals surface area contributed by atoms with E-state index in [1.807, 2.05) is 12.3 Å². The first-order chi connectivity index (χ1) is 6.83. The van der Waals surface area contributed by atoms with E-state index in [0.717, 1.165) is 25.1 Å². The molecule has 0 amide bonds. The smallest absolute Gasteiger partial charge is 0.339 e. The van der Waals surface area contributed by atoms with Crippen LogP contribution in [0.4, 0.5) is 0 Å². The van der Waals surface area contributed by atoms with Crippen molar-refractivity contribution in [1.29, 1.82) is 0 Å². The highest BCUT2D eigenvalue weighted by Crippen LogP contribution is 2.25. The molecule has 0 aromatic carbocycles. The Labute approximate surface area is 87.1 Å². The number of carbonyl (C=O) groups is 1. The van der Waals surface area contributed by atoms with Crippen molar-refractivity contribution in [3.05, 3.63) is 21.4 Å². The molecule has 2 heterocycles. The summed E-state index contributed by atoms with van der Waals surface area (Å²) in [6.07, 6.45) is 0.937. The molecule has 0 unspecified atom stereocenters. The molecular weight excluding hydrogens is 198 g/mol. The van der Waals surface area contributed by atoms with Gasteiger partial charge in [-0.05, 0) is 25.5 Å². The summed E-state index contributed by atoms with van der Waals surface area (Å²) in [4.78, 5) is 12.8. The van der Waals surface area contributed by atoms with Crippen molar-refractivity contribution in [3.8, 4) is 0 Å². The van der Waals surface area contributed by atoms with E-state index in [1.54, 1.807) is 11.3 Å². The Morgan fingerprint density at radius 1 is 1.71 bits per heavy atom. The maximum atomic E-state index is 11.5. The van der Waals surface area contributed by atoms with Crippen molar-refractivity contribution in [3.63, 3.8) is 0 Å². The second-order valence-corrected chi connectivity index (χ2v) is 4.16. The molecule has 0 saturated heterocycles. The van der Waals surface area contributed by atoms with Crippen molar-refractivity contribution in [2.75, 3.05) is 13.2 Å². The summed E-state index contributed by atoms with van der Waals surface area (Å²) in [6, 6.07) is 0. The summed E-state index contributed by atoms with van der Waals surface area (Å²) in [5.41, 5.74) is 1.96. The summed E-state index contributed by atoms with van der Waals surface area (Å²) >= 11 is 1.64. The Bertz CT molecular complexity index is 346. The molecule has 0 saturated carbocycles. The van der Waals surface area contributed by atoms with E-state index >= 15 is 0 Å². The third-order valence-electron chi connectivity index (χ3n) is 2.31. The minimum Gasteiger partial charge on any atom is -0.462 e. The van der Waals surface area contributed by atoms with Crippen molar-refractivity contribution < 1.29 is 9.53 Å². The summed E-state index contributed by atoms with van der Waals surface area (Å²) in [7, 11) is 0. The Morgan fingerprint density at radius 2 is 2.57 bits per heavy atom. The Balaban J connectivity index is 2.25. The van der Waals surface area contributed by atoms with Crippen molar-refractivity contribution in [2.45, 2.75) is 19.9 Å². The van der Waals surface area contributed by atoms with Gasteiger partial charge in [0, 0.05) is 16.8 Å². The summed E-state index contributed by atoms with van der Waals surface area (Å²) < 4.78 is 5.00.